The van der Waals surface area contributed by atoms with Gasteiger partial charge in [0.25, 0.3) is 0 Å². The third-order valence-corrected chi connectivity index (χ3v) is 2.02. The van der Waals surface area contributed by atoms with Gasteiger partial charge >= 0.3 is 5.97 Å². The van der Waals surface area contributed by atoms with Gasteiger partial charge in [-0.15, -0.1) is 0 Å². The topological polar surface area (TPSA) is 41.9 Å². The predicted molar refractivity (Wildman–Crippen MR) is 61.5 cm³/mol. The van der Waals surface area contributed by atoms with E-state index in [1.807, 2.05) is 6.92 Å². The van der Waals surface area contributed by atoms with Crippen LogP contribution in [0.2, 0.25) is 0 Å². The lowest BCUT2D eigenvalue weighted by molar-refractivity contribution is -0.134. The minimum absolute atomic E-state index is 0.0351. The van der Waals surface area contributed by atoms with Gasteiger partial charge in [-0.3, -0.25) is 5.01 Å². The van der Waals surface area contributed by atoms with Crippen LogP contribution in [-0.2, 0) is 9.53 Å². The molecule has 0 amide bonds. The Bertz CT molecular complexity index is 275. The molecule has 0 fully saturated rings. The number of carbonyl (C=O) groups is 1. The van der Waals surface area contributed by atoms with Crippen LogP contribution in [0.15, 0.2) is 17.4 Å². The molecule has 0 bridgehead atoms. The summed E-state index contributed by atoms with van der Waals surface area (Å²) in [5.74, 6) is -0.384. The maximum absolute atomic E-state index is 10.8. The summed E-state index contributed by atoms with van der Waals surface area (Å²) >= 11 is 0. The number of methoxy groups -OCH3 is 1. The molecule has 0 saturated heterocycles. The molecule has 0 aliphatic rings. The molecular formula is C11H20N2O2. The van der Waals surface area contributed by atoms with Crippen LogP contribution >= 0.6 is 0 Å². The lowest BCUT2D eigenvalue weighted by atomic mass is 9.91. The first kappa shape index (κ1) is 13.7. The third kappa shape index (κ3) is 5.88. The van der Waals surface area contributed by atoms with Gasteiger partial charge in [-0.05, 0) is 6.92 Å². The smallest absolute Gasteiger partial charge is 0.332 e. The monoisotopic (exact) mass is 212 g/mol. The number of hydrogen-bond acceptors (Lipinski definition) is 4. The summed E-state index contributed by atoms with van der Waals surface area (Å²) in [4.78, 5) is 10.8. The summed E-state index contributed by atoms with van der Waals surface area (Å²) in [5, 5.41) is 5.90. The second-order valence-electron chi connectivity index (χ2n) is 4.35. The van der Waals surface area contributed by atoms with Gasteiger partial charge in [-0.2, -0.15) is 5.10 Å². The Morgan fingerprint density at radius 2 is 1.93 bits per heavy atom. The van der Waals surface area contributed by atoms with Crippen LogP contribution in [0.5, 0.6) is 0 Å². The van der Waals surface area contributed by atoms with Crippen LogP contribution in [0.3, 0.4) is 0 Å². The van der Waals surface area contributed by atoms with Crippen LogP contribution in [0, 0.1) is 5.41 Å². The summed E-state index contributed by atoms with van der Waals surface area (Å²) in [6.07, 6.45) is 2.90. The minimum Gasteiger partial charge on any atom is -0.466 e. The normalized spacial score (nSPS) is 13.1. The lowest BCUT2D eigenvalue weighted by Gasteiger charge is -2.19. The number of hydrazone groups is 1. The zero-order chi connectivity index (χ0) is 12.1. The second-order valence-corrected chi connectivity index (χ2v) is 4.35. The van der Waals surface area contributed by atoms with E-state index >= 15 is 0 Å². The average molecular weight is 212 g/mol. The first-order valence-corrected chi connectivity index (χ1v) is 4.82. The molecule has 0 radical (unpaired) electrons. The maximum Gasteiger partial charge on any atom is 0.332 e. The summed E-state index contributed by atoms with van der Waals surface area (Å²) in [7, 11) is 3.12. The van der Waals surface area contributed by atoms with E-state index in [-0.39, 0.29) is 11.4 Å². The first-order valence-electron chi connectivity index (χ1n) is 4.82. The fourth-order valence-electron chi connectivity index (χ4n) is 0.657. The Labute approximate surface area is 91.6 Å². The third-order valence-electron chi connectivity index (χ3n) is 2.02. The lowest BCUT2D eigenvalue weighted by Crippen LogP contribution is -2.20. The van der Waals surface area contributed by atoms with Gasteiger partial charge in [0.2, 0.25) is 0 Å². The molecule has 0 atom stereocenters. The van der Waals surface area contributed by atoms with E-state index in [1.165, 1.54) is 13.2 Å². The van der Waals surface area contributed by atoms with Crippen LogP contribution in [0.25, 0.3) is 0 Å². The Balaban J connectivity index is 4.43. The fourth-order valence-corrected chi connectivity index (χ4v) is 0.657. The molecule has 15 heavy (non-hydrogen) atoms. The average Bonchev–Trinajstić information content (AvgIpc) is 2.12. The molecule has 0 aromatic carbocycles. The summed E-state index contributed by atoms with van der Waals surface area (Å²) in [6, 6.07) is 0. The van der Waals surface area contributed by atoms with Crippen molar-refractivity contribution in [2.75, 3.05) is 14.2 Å². The molecule has 86 valence electrons. The van der Waals surface area contributed by atoms with Crippen LogP contribution in [-0.4, -0.2) is 30.8 Å². The van der Waals surface area contributed by atoms with Crippen molar-refractivity contribution >= 4 is 11.7 Å². The maximum atomic E-state index is 10.8. The molecule has 0 aliphatic carbocycles. The molecule has 0 aromatic rings. The van der Waals surface area contributed by atoms with E-state index in [0.29, 0.717) is 0 Å². The highest BCUT2D eigenvalue weighted by atomic mass is 16.5. The van der Waals surface area contributed by atoms with Crippen molar-refractivity contribution in [2.45, 2.75) is 27.7 Å². The highest BCUT2D eigenvalue weighted by Crippen LogP contribution is 2.15. The fraction of sp³-hybridized carbons (Fsp3) is 0.636. The molecule has 0 N–H and O–H groups in total. The van der Waals surface area contributed by atoms with Gasteiger partial charge in [0.15, 0.2) is 0 Å². The number of rotatable bonds is 3. The van der Waals surface area contributed by atoms with Crippen LogP contribution < -0.4 is 0 Å². The first-order chi connectivity index (χ1) is 6.77. The van der Waals surface area contributed by atoms with Gasteiger partial charge in [-0.25, -0.2) is 4.79 Å². The standard InChI is InChI=1S/C11H20N2O2/c1-9(11(2,3)4)12-13(5)8-7-10(14)15-6/h7-8H,1-6H3. The molecular weight excluding hydrogens is 192 g/mol. The Morgan fingerprint density at radius 3 is 2.33 bits per heavy atom. The molecule has 4 nitrogen and oxygen atoms in total. The van der Waals surface area contributed by atoms with E-state index < -0.39 is 0 Å². The Morgan fingerprint density at radius 1 is 1.40 bits per heavy atom. The zero-order valence-electron chi connectivity index (χ0n) is 10.4. The molecule has 0 heterocycles. The number of carbonyl (C=O) groups excluding carboxylic acids is 1. The van der Waals surface area contributed by atoms with Crippen molar-refractivity contribution < 1.29 is 9.53 Å². The molecule has 0 spiro atoms. The van der Waals surface area contributed by atoms with Crippen LogP contribution in [0.1, 0.15) is 27.7 Å². The van der Waals surface area contributed by atoms with E-state index in [1.54, 1.807) is 18.3 Å². The number of hydrogen-bond donors (Lipinski definition) is 0. The molecule has 4 heteroatoms. The van der Waals surface area contributed by atoms with E-state index in [0.717, 1.165) is 5.71 Å². The van der Waals surface area contributed by atoms with Gasteiger partial charge in [0, 0.05) is 30.5 Å². The number of nitrogens with zero attached hydrogens (tertiary/aromatic N) is 2. The zero-order valence-corrected chi connectivity index (χ0v) is 10.4. The molecule has 0 aromatic heterocycles. The van der Waals surface area contributed by atoms with Crippen molar-refractivity contribution in [3.8, 4) is 0 Å². The van der Waals surface area contributed by atoms with Gasteiger partial charge in [-0.1, -0.05) is 20.8 Å². The summed E-state index contributed by atoms with van der Waals surface area (Å²) in [5.41, 5.74) is 1.03. The highest BCUT2D eigenvalue weighted by molar-refractivity contribution is 5.86. The minimum atomic E-state index is -0.384. The highest BCUT2D eigenvalue weighted by Gasteiger charge is 2.14. The number of esters is 1. The second kappa shape index (κ2) is 5.53. The van der Waals surface area contributed by atoms with Crippen molar-refractivity contribution in [1.82, 2.24) is 5.01 Å². The van der Waals surface area contributed by atoms with Crippen molar-refractivity contribution in [3.05, 3.63) is 12.3 Å². The van der Waals surface area contributed by atoms with E-state index in [9.17, 15) is 4.79 Å². The molecule has 0 unspecified atom stereocenters. The Kier molecular flexibility index (Phi) is 5.05. The molecule has 0 aliphatic heterocycles. The summed E-state index contributed by atoms with van der Waals surface area (Å²) < 4.78 is 4.47. The Hall–Kier alpha value is -1.32. The predicted octanol–water partition coefficient (Wildman–Crippen LogP) is 2.03. The van der Waals surface area contributed by atoms with E-state index in [4.69, 9.17) is 0 Å². The number of ether oxygens (including phenoxy) is 1. The van der Waals surface area contributed by atoms with Gasteiger partial charge < -0.3 is 4.74 Å². The quantitative estimate of drug-likeness (QED) is 0.311. The molecule has 0 rings (SSSR count). The van der Waals surface area contributed by atoms with E-state index in [2.05, 4.69) is 30.6 Å². The van der Waals surface area contributed by atoms with Crippen molar-refractivity contribution in [3.63, 3.8) is 0 Å². The summed E-state index contributed by atoms with van der Waals surface area (Å²) in [6.45, 7) is 8.22. The SMILES string of the molecule is COC(=O)C=CN(C)N=C(C)C(C)(C)C. The van der Waals surface area contributed by atoms with Crippen molar-refractivity contribution in [2.24, 2.45) is 10.5 Å². The van der Waals surface area contributed by atoms with Gasteiger partial charge in [0.1, 0.15) is 0 Å². The van der Waals surface area contributed by atoms with Gasteiger partial charge in [0.05, 0.1) is 7.11 Å². The van der Waals surface area contributed by atoms with Crippen LogP contribution in [0.4, 0.5) is 0 Å². The van der Waals surface area contributed by atoms with Crippen molar-refractivity contribution in [1.29, 1.82) is 0 Å². The molecule has 0 saturated carbocycles. The largest absolute Gasteiger partial charge is 0.466 e.